The summed E-state index contributed by atoms with van der Waals surface area (Å²) in [6.07, 6.45) is 13.6. The minimum atomic E-state index is -1.69. The normalized spacial score (nSPS) is 16.6. The zero-order valence-electron chi connectivity index (χ0n) is 40.9. The lowest BCUT2D eigenvalue weighted by Gasteiger charge is -2.39. The van der Waals surface area contributed by atoms with Crippen LogP contribution in [0, 0.1) is 11.3 Å². The third kappa shape index (κ3) is 15.4. The van der Waals surface area contributed by atoms with E-state index in [0.717, 1.165) is 36.0 Å². The average molecular weight is 940 g/mol. The molecule has 1 aliphatic rings. The molecule has 3 aromatic carbocycles. The van der Waals surface area contributed by atoms with Crippen LogP contribution in [0.4, 0.5) is 5.82 Å². The van der Waals surface area contributed by atoms with Crippen LogP contribution in [-0.4, -0.2) is 71.9 Å². The molecule has 1 fully saturated rings. The number of carbonyl (C=O) groups excluding carboxylic acids is 1. The van der Waals surface area contributed by atoms with Gasteiger partial charge in [-0.3, -0.25) is 9.36 Å². The molecule has 4 aromatic rings. The second kappa shape index (κ2) is 28.0. The Labute approximate surface area is 400 Å². The van der Waals surface area contributed by atoms with Crippen molar-refractivity contribution in [2.45, 2.75) is 161 Å². The second-order valence-electron chi connectivity index (χ2n) is 17.7. The van der Waals surface area contributed by atoms with Gasteiger partial charge in [0.1, 0.15) is 35.2 Å². The van der Waals surface area contributed by atoms with E-state index in [1.165, 1.54) is 55.9 Å². The highest BCUT2D eigenvalue weighted by Gasteiger charge is 2.45. The smallest absolute Gasteiger partial charge is 0.351 e. The van der Waals surface area contributed by atoms with E-state index in [-0.39, 0.29) is 49.9 Å². The zero-order valence-corrected chi connectivity index (χ0v) is 41.8. The van der Waals surface area contributed by atoms with Gasteiger partial charge in [0.05, 0.1) is 46.0 Å². The van der Waals surface area contributed by atoms with Crippen molar-refractivity contribution in [1.29, 1.82) is 5.26 Å². The molecule has 5 rings (SSSR count). The highest BCUT2D eigenvalue weighted by atomic mass is 31.2. The SMILES string of the molecule is CCCCCCCCCCCCCC(=O)Nc1ccn([C@H]2C[C@H](OP(OCCC#N)N(C(C)C)C(C)C)[C@@H](COC(c3ccccc3)(c3ccc(OC)cc3)c3ccc(OC)cc3)O2)c(=O)n1. The van der Waals surface area contributed by atoms with Gasteiger partial charge >= 0.3 is 5.69 Å². The lowest BCUT2D eigenvalue weighted by atomic mass is 9.80. The van der Waals surface area contributed by atoms with E-state index in [2.05, 4.69) is 55.7 Å². The first-order chi connectivity index (χ1) is 32.5. The summed E-state index contributed by atoms with van der Waals surface area (Å²) in [4.78, 5) is 31.0. The fraction of sp³-hybridized carbons (Fsp3) is 0.547. The fourth-order valence-electron chi connectivity index (χ4n) is 8.68. The Kier molecular flexibility index (Phi) is 22.2. The molecule has 1 aliphatic heterocycles. The highest BCUT2D eigenvalue weighted by Crippen LogP contribution is 2.50. The van der Waals surface area contributed by atoms with Gasteiger partial charge < -0.3 is 33.3 Å². The summed E-state index contributed by atoms with van der Waals surface area (Å²) in [5.74, 6) is 1.44. The van der Waals surface area contributed by atoms with Gasteiger partial charge in [-0.15, -0.1) is 0 Å². The van der Waals surface area contributed by atoms with Crippen molar-refractivity contribution in [3.8, 4) is 17.6 Å². The molecule has 0 aliphatic carbocycles. The summed E-state index contributed by atoms with van der Waals surface area (Å²) in [7, 11) is 1.58. The van der Waals surface area contributed by atoms with Crippen molar-refractivity contribution >= 4 is 20.3 Å². The van der Waals surface area contributed by atoms with Gasteiger partial charge in [0.2, 0.25) is 5.91 Å². The Morgan fingerprint density at radius 3 is 1.91 bits per heavy atom. The van der Waals surface area contributed by atoms with E-state index in [0.29, 0.717) is 17.9 Å². The van der Waals surface area contributed by atoms with Crippen LogP contribution in [0.2, 0.25) is 0 Å². The predicted molar refractivity (Wildman–Crippen MR) is 265 cm³/mol. The molecule has 0 radical (unpaired) electrons. The molecule has 0 bridgehead atoms. The van der Waals surface area contributed by atoms with Crippen LogP contribution in [0.25, 0.3) is 0 Å². The van der Waals surface area contributed by atoms with E-state index < -0.39 is 38.3 Å². The Morgan fingerprint density at radius 2 is 1.39 bits per heavy atom. The number of carbonyl (C=O) groups is 1. The largest absolute Gasteiger partial charge is 0.497 e. The van der Waals surface area contributed by atoms with E-state index in [9.17, 15) is 14.9 Å². The summed E-state index contributed by atoms with van der Waals surface area (Å²) in [6, 6.07) is 29.6. The quantitative estimate of drug-likeness (QED) is 0.0303. The van der Waals surface area contributed by atoms with Gasteiger partial charge in [-0.25, -0.2) is 9.46 Å². The number of nitrogens with zero attached hydrogens (tertiary/aromatic N) is 4. The van der Waals surface area contributed by atoms with Gasteiger partial charge in [-0.2, -0.15) is 10.2 Å². The van der Waals surface area contributed by atoms with Gasteiger partial charge in [-0.05, 0) is 81.1 Å². The molecule has 1 aromatic heterocycles. The summed E-state index contributed by atoms with van der Waals surface area (Å²) in [6.45, 7) is 10.8. The van der Waals surface area contributed by atoms with Crippen LogP contribution in [0.1, 0.15) is 147 Å². The van der Waals surface area contributed by atoms with Crippen molar-refractivity contribution < 1.29 is 32.8 Å². The second-order valence-corrected chi connectivity index (χ2v) is 19.1. The molecule has 1 unspecified atom stereocenters. The third-order valence-electron chi connectivity index (χ3n) is 12.1. The molecule has 4 atom stereocenters. The Hall–Kier alpha value is -4.67. The maximum atomic E-state index is 13.8. The highest BCUT2D eigenvalue weighted by molar-refractivity contribution is 7.44. The molecule has 14 heteroatoms. The molecule has 2 heterocycles. The predicted octanol–water partition coefficient (Wildman–Crippen LogP) is 11.9. The molecule has 1 saturated heterocycles. The van der Waals surface area contributed by atoms with Crippen molar-refractivity contribution in [3.05, 3.63) is 118 Å². The Balaban J connectivity index is 1.39. The van der Waals surface area contributed by atoms with E-state index >= 15 is 0 Å². The summed E-state index contributed by atoms with van der Waals surface area (Å²) in [5, 5.41) is 12.2. The number of anilines is 1. The molecule has 1 amide bonds. The Bertz CT molecular complexity index is 2090. The van der Waals surface area contributed by atoms with E-state index in [1.807, 2.05) is 78.9 Å². The van der Waals surface area contributed by atoms with Gasteiger partial charge in [0, 0.05) is 31.1 Å². The monoisotopic (exact) mass is 940 g/mol. The first-order valence-electron chi connectivity index (χ1n) is 24.3. The average Bonchev–Trinajstić information content (AvgIpc) is 3.73. The molecular formula is C53H74N5O8P. The lowest BCUT2D eigenvalue weighted by molar-refractivity contribution is -0.116. The maximum absolute atomic E-state index is 13.8. The van der Waals surface area contributed by atoms with Crippen LogP contribution in [-0.2, 0) is 28.9 Å². The van der Waals surface area contributed by atoms with Gasteiger partial charge in [0.15, 0.2) is 0 Å². The van der Waals surface area contributed by atoms with E-state index in [1.54, 1.807) is 26.5 Å². The summed E-state index contributed by atoms with van der Waals surface area (Å²) < 4.78 is 42.2. The molecular weight excluding hydrogens is 866 g/mol. The lowest BCUT2D eigenvalue weighted by Crippen LogP contribution is -2.39. The number of amides is 1. The van der Waals surface area contributed by atoms with Crippen LogP contribution < -0.4 is 20.5 Å². The fourth-order valence-corrected chi connectivity index (χ4v) is 10.4. The molecule has 1 N–H and O–H groups in total. The van der Waals surface area contributed by atoms with Gasteiger partial charge in [0.25, 0.3) is 8.53 Å². The number of aromatic nitrogens is 2. The van der Waals surface area contributed by atoms with Gasteiger partial charge in [-0.1, -0.05) is 126 Å². The molecule has 0 saturated carbocycles. The number of hydrogen-bond donors (Lipinski definition) is 1. The van der Waals surface area contributed by atoms with Crippen LogP contribution in [0.3, 0.4) is 0 Å². The van der Waals surface area contributed by atoms with Crippen LogP contribution >= 0.6 is 8.53 Å². The number of hydrogen-bond acceptors (Lipinski definition) is 11. The van der Waals surface area contributed by atoms with Crippen molar-refractivity contribution in [1.82, 2.24) is 14.2 Å². The number of rotatable bonds is 30. The minimum Gasteiger partial charge on any atom is -0.497 e. The molecule has 67 heavy (non-hydrogen) atoms. The van der Waals surface area contributed by atoms with Crippen molar-refractivity contribution in [2.75, 3.05) is 32.8 Å². The van der Waals surface area contributed by atoms with E-state index in [4.69, 9.17) is 28.0 Å². The minimum absolute atomic E-state index is 0.0359. The van der Waals surface area contributed by atoms with Crippen LogP contribution in [0.5, 0.6) is 11.5 Å². The zero-order chi connectivity index (χ0) is 48.0. The topological polar surface area (TPSA) is 146 Å². The number of nitriles is 1. The Morgan fingerprint density at radius 1 is 0.836 bits per heavy atom. The number of ether oxygens (including phenoxy) is 4. The van der Waals surface area contributed by atoms with Crippen molar-refractivity contribution in [3.63, 3.8) is 0 Å². The third-order valence-corrected chi connectivity index (χ3v) is 14.3. The van der Waals surface area contributed by atoms with Crippen LogP contribution in [0.15, 0.2) is 95.9 Å². The summed E-state index contributed by atoms with van der Waals surface area (Å²) in [5.41, 5.74) is 0.878. The number of unbranched alkanes of at least 4 members (excludes halogenated alkanes) is 10. The molecule has 0 spiro atoms. The molecule has 13 nitrogen and oxygen atoms in total. The number of nitrogens with one attached hydrogen (secondary N) is 1. The molecule has 364 valence electrons. The first kappa shape index (κ1) is 53.3. The maximum Gasteiger partial charge on any atom is 0.351 e. The first-order valence-corrected chi connectivity index (χ1v) is 25.5. The standard InChI is InChI=1S/C53H74N5O8P/c1-8-9-10-11-12-13-14-15-16-17-21-25-50(59)55-49-34-36-57(52(60)56-49)51-38-47(66-67(64-37-22-35-54)58(40(2)3)41(4)5)48(65-51)39-63-53(42-23-19-18-20-24-42,43-26-30-45(61-6)31-27-43)44-28-32-46(62-7)33-29-44/h18-20,23-24,26-34,36,40-41,47-48,51H,8-17,21-22,25,37-39H2,1-7H3,(H,55,56,59,60)/t47-,48+,51+,67?/m0/s1. The number of benzene rings is 3. The summed E-state index contributed by atoms with van der Waals surface area (Å²) >= 11 is 0. The van der Waals surface area contributed by atoms with Crippen molar-refractivity contribution in [2.24, 2.45) is 0 Å². The number of methoxy groups -OCH3 is 2.